The fraction of sp³-hybridized carbons (Fsp3) is 0.667. The summed E-state index contributed by atoms with van der Waals surface area (Å²) in [5, 5.41) is 0. The first-order chi connectivity index (χ1) is 15.4. The SMILES string of the molecule is CC(=O)N1CC2(CCN(C3CCN(C(=O)O[C@H]4CCOC4)CC3)CC2)c2cc(F)ccc21.[HH]. The van der Waals surface area contributed by atoms with Crippen LogP contribution >= 0.6 is 0 Å². The van der Waals surface area contributed by atoms with Crippen LogP contribution in [-0.2, 0) is 19.7 Å². The fourth-order valence-electron chi connectivity index (χ4n) is 5.90. The zero-order chi connectivity index (χ0) is 22.3. The summed E-state index contributed by atoms with van der Waals surface area (Å²) in [5.41, 5.74) is 1.70. The maximum Gasteiger partial charge on any atom is 0.410 e. The number of hydrogen-bond acceptors (Lipinski definition) is 5. The van der Waals surface area contributed by atoms with Crippen LogP contribution in [0.5, 0.6) is 0 Å². The molecule has 0 saturated carbocycles. The Morgan fingerprint density at radius 1 is 1.16 bits per heavy atom. The summed E-state index contributed by atoms with van der Waals surface area (Å²) in [5.74, 6) is -0.222. The van der Waals surface area contributed by atoms with E-state index in [1.54, 1.807) is 19.1 Å². The van der Waals surface area contributed by atoms with Crippen LogP contribution in [0.1, 0.15) is 46.0 Å². The van der Waals surface area contributed by atoms with Crippen molar-refractivity contribution in [2.45, 2.75) is 56.6 Å². The third-order valence-corrected chi connectivity index (χ3v) is 7.81. The molecule has 1 aromatic rings. The van der Waals surface area contributed by atoms with Crippen molar-refractivity contribution in [3.05, 3.63) is 29.6 Å². The highest BCUT2D eigenvalue weighted by atomic mass is 19.1. The van der Waals surface area contributed by atoms with E-state index in [1.165, 1.54) is 6.07 Å². The van der Waals surface area contributed by atoms with Crippen LogP contribution in [0.4, 0.5) is 14.9 Å². The van der Waals surface area contributed by atoms with E-state index in [0.717, 1.165) is 56.4 Å². The first-order valence-corrected chi connectivity index (χ1v) is 11.8. The lowest BCUT2D eigenvalue weighted by molar-refractivity contribution is -0.116. The van der Waals surface area contributed by atoms with Gasteiger partial charge in [-0.15, -0.1) is 0 Å². The number of piperidine rings is 2. The number of carbonyl (C=O) groups excluding carboxylic acids is 2. The van der Waals surface area contributed by atoms with Crippen LogP contribution in [0.3, 0.4) is 0 Å². The van der Waals surface area contributed by atoms with Gasteiger partial charge < -0.3 is 24.2 Å². The van der Waals surface area contributed by atoms with Crippen molar-refractivity contribution >= 4 is 17.7 Å². The molecule has 0 aromatic heterocycles. The van der Waals surface area contributed by atoms with E-state index >= 15 is 0 Å². The summed E-state index contributed by atoms with van der Waals surface area (Å²) in [6, 6.07) is 5.28. The predicted octanol–water partition coefficient (Wildman–Crippen LogP) is 3.16. The number of fused-ring (bicyclic) bond motifs is 2. The molecule has 1 atom stereocenters. The zero-order valence-electron chi connectivity index (χ0n) is 18.7. The molecule has 2 amide bonds. The summed E-state index contributed by atoms with van der Waals surface area (Å²) in [7, 11) is 0. The molecule has 5 rings (SSSR count). The van der Waals surface area contributed by atoms with Gasteiger partial charge in [-0.25, -0.2) is 9.18 Å². The first kappa shape index (κ1) is 21.6. The molecule has 4 aliphatic heterocycles. The van der Waals surface area contributed by atoms with Crippen LogP contribution in [-0.4, -0.2) is 79.9 Å². The average molecular weight is 448 g/mol. The Morgan fingerprint density at radius 3 is 2.56 bits per heavy atom. The molecule has 1 spiro atoms. The first-order valence-electron chi connectivity index (χ1n) is 11.8. The van der Waals surface area contributed by atoms with E-state index in [9.17, 15) is 14.0 Å². The van der Waals surface area contributed by atoms with Gasteiger partial charge >= 0.3 is 6.09 Å². The Kier molecular flexibility index (Phi) is 5.84. The highest BCUT2D eigenvalue weighted by Crippen LogP contribution is 2.47. The molecule has 4 heterocycles. The minimum atomic E-state index is -0.237. The molecular weight excluding hydrogens is 413 g/mol. The van der Waals surface area contributed by atoms with Gasteiger partial charge in [0.2, 0.25) is 5.91 Å². The standard InChI is InChI=1S/C24H32FN3O4.H2/c1-17(29)28-16-24(21-14-18(25)2-3-22(21)28)7-11-26(12-8-24)19-4-9-27(10-5-19)23(30)32-20-6-13-31-15-20;/h2-3,14,19-20H,4-13,15-16H2,1H3;1H/t20-;/m0./s1. The molecule has 176 valence electrons. The Labute approximate surface area is 189 Å². The summed E-state index contributed by atoms with van der Waals surface area (Å²) in [6.45, 7) is 6.68. The van der Waals surface area contributed by atoms with Gasteiger partial charge in [0.1, 0.15) is 11.9 Å². The topological polar surface area (TPSA) is 62.3 Å². The van der Waals surface area contributed by atoms with E-state index in [-0.39, 0.29) is 30.8 Å². The molecule has 3 saturated heterocycles. The van der Waals surface area contributed by atoms with Crippen molar-refractivity contribution in [1.82, 2.24) is 9.80 Å². The van der Waals surface area contributed by atoms with Crippen molar-refractivity contribution in [3.8, 4) is 0 Å². The number of nitrogens with zero attached hydrogens (tertiary/aromatic N) is 3. The third kappa shape index (κ3) is 3.99. The highest BCUT2D eigenvalue weighted by molar-refractivity contribution is 5.94. The van der Waals surface area contributed by atoms with Crippen molar-refractivity contribution < 1.29 is 24.9 Å². The summed E-state index contributed by atoms with van der Waals surface area (Å²) >= 11 is 0. The summed E-state index contributed by atoms with van der Waals surface area (Å²) in [6.07, 6.45) is 4.17. The van der Waals surface area contributed by atoms with E-state index in [2.05, 4.69) is 4.90 Å². The van der Waals surface area contributed by atoms with Crippen LogP contribution < -0.4 is 4.90 Å². The lowest BCUT2D eigenvalue weighted by Gasteiger charge is -2.45. The Bertz CT molecular complexity index is 878. The van der Waals surface area contributed by atoms with Gasteiger partial charge in [0.15, 0.2) is 0 Å². The van der Waals surface area contributed by atoms with Crippen molar-refractivity contribution in [1.29, 1.82) is 0 Å². The molecule has 8 heteroatoms. The highest BCUT2D eigenvalue weighted by Gasteiger charge is 2.46. The van der Waals surface area contributed by atoms with Crippen LogP contribution in [0.25, 0.3) is 0 Å². The van der Waals surface area contributed by atoms with Gasteiger partial charge in [-0.05, 0) is 62.5 Å². The van der Waals surface area contributed by atoms with Crippen LogP contribution in [0.2, 0.25) is 0 Å². The number of anilines is 1. The zero-order valence-corrected chi connectivity index (χ0v) is 18.7. The second-order valence-corrected chi connectivity index (χ2v) is 9.67. The monoisotopic (exact) mass is 447 g/mol. The number of halogens is 1. The Hall–Kier alpha value is -2.19. The van der Waals surface area contributed by atoms with E-state index in [4.69, 9.17) is 9.47 Å². The molecule has 1 aromatic carbocycles. The normalized spacial score (nSPS) is 25.9. The molecule has 0 unspecified atom stereocenters. The van der Waals surface area contributed by atoms with Crippen molar-refractivity contribution in [2.75, 3.05) is 50.8 Å². The predicted molar refractivity (Wildman–Crippen MR) is 119 cm³/mol. The minimum Gasteiger partial charge on any atom is -0.444 e. The van der Waals surface area contributed by atoms with Gasteiger partial charge in [-0.2, -0.15) is 0 Å². The number of ether oxygens (including phenoxy) is 2. The molecule has 0 bridgehead atoms. The molecule has 0 aliphatic carbocycles. The van der Waals surface area contributed by atoms with Gasteiger partial charge in [-0.1, -0.05) is 0 Å². The van der Waals surface area contributed by atoms with Crippen LogP contribution in [0, 0.1) is 5.82 Å². The maximum atomic E-state index is 14.1. The maximum absolute atomic E-state index is 14.1. The lowest BCUT2D eigenvalue weighted by atomic mass is 9.74. The molecule has 4 aliphatic rings. The van der Waals surface area contributed by atoms with Gasteiger partial charge in [-0.3, -0.25) is 4.79 Å². The van der Waals surface area contributed by atoms with E-state index < -0.39 is 0 Å². The fourth-order valence-corrected chi connectivity index (χ4v) is 5.90. The number of likely N-dealkylation sites (tertiary alicyclic amines) is 2. The number of rotatable bonds is 2. The van der Waals surface area contributed by atoms with E-state index in [1.807, 2.05) is 9.80 Å². The van der Waals surface area contributed by atoms with Crippen molar-refractivity contribution in [3.63, 3.8) is 0 Å². The molecule has 7 nitrogen and oxygen atoms in total. The average Bonchev–Trinajstić information content (AvgIpc) is 3.41. The minimum absolute atomic E-state index is 0. The Balaban J connectivity index is 0.00000259. The quantitative estimate of drug-likeness (QED) is 0.697. The van der Waals surface area contributed by atoms with Gasteiger partial charge in [0, 0.05) is 51.5 Å². The largest absolute Gasteiger partial charge is 0.444 e. The summed E-state index contributed by atoms with van der Waals surface area (Å²) in [4.78, 5) is 30.8. The summed E-state index contributed by atoms with van der Waals surface area (Å²) < 4.78 is 24.9. The van der Waals surface area contributed by atoms with Gasteiger partial charge in [0.25, 0.3) is 0 Å². The molecular formula is C24H34FN3O4. The smallest absolute Gasteiger partial charge is 0.410 e. The molecule has 0 N–H and O–H groups in total. The Morgan fingerprint density at radius 2 is 1.91 bits per heavy atom. The second kappa shape index (κ2) is 8.63. The number of amides is 2. The number of hydrogen-bond donors (Lipinski definition) is 0. The van der Waals surface area contributed by atoms with E-state index in [0.29, 0.717) is 38.9 Å². The molecule has 0 radical (unpaired) electrons. The second-order valence-electron chi connectivity index (χ2n) is 9.67. The molecule has 3 fully saturated rings. The number of carbonyl (C=O) groups is 2. The number of benzene rings is 1. The van der Waals surface area contributed by atoms with Gasteiger partial charge in [0.05, 0.1) is 13.2 Å². The third-order valence-electron chi connectivity index (χ3n) is 7.81. The van der Waals surface area contributed by atoms with Crippen molar-refractivity contribution in [2.24, 2.45) is 0 Å². The lowest BCUT2D eigenvalue weighted by Crippen LogP contribution is -2.52. The molecule has 32 heavy (non-hydrogen) atoms. The van der Waals surface area contributed by atoms with Crippen LogP contribution in [0.15, 0.2) is 18.2 Å².